The average Bonchev–Trinajstić information content (AvgIpc) is 0.794. The molecule has 0 amide bonds. The molecular weight excluding hydrogens is 1740 g/mol. The highest BCUT2D eigenvalue weighted by atomic mass is 79.9. The lowest BCUT2D eigenvalue weighted by Crippen LogP contribution is -2.07. The van der Waals surface area contributed by atoms with E-state index in [4.69, 9.17) is 33.2 Å². The minimum Gasteiger partial charge on any atom is -0.496 e. The first kappa shape index (κ1) is 127. The molecule has 0 aliphatic rings. The molecule has 6 N–H and O–H groups in total. The lowest BCUT2D eigenvalue weighted by atomic mass is 9.90. The van der Waals surface area contributed by atoms with Gasteiger partial charge in [-0.25, -0.2) is 0 Å². The van der Waals surface area contributed by atoms with Crippen LogP contribution in [-0.2, 0) is 19.8 Å². The molecule has 0 bridgehead atoms. The van der Waals surface area contributed by atoms with Crippen molar-refractivity contribution in [3.63, 3.8) is 0 Å². The SMILES string of the molecule is C.C.C.C.C.C.CC(C)c1cc(C(C)O)cc(Br)c1OCc1ccccc1.CC(C)c1cc(C(C)O)cc(C(C)C)c1OCc1ccccc1.CC(C)c1cc(C(C)O)ccc1OCc1ccccc1.CC(C)c1cc(C(C)O)ccc1Oc1ccccc1.COc1c(C(C)C)cc(C(C)O)cc1C(C)C.COc1c(C)cc(C(C)O)cc1C(C)C.COc1ccc(C(C)C)cc1C(C)C. The maximum absolute atomic E-state index is 9.99. The molecule has 14 heteroatoms. The Labute approximate surface area is 829 Å². The zero-order valence-electron chi connectivity index (χ0n) is 83.1. The molecule has 13 nitrogen and oxygen atoms in total. The third kappa shape index (κ3) is 40.5. The molecule has 0 heterocycles. The van der Waals surface area contributed by atoms with E-state index in [0.717, 1.165) is 128 Å². The number of benzene rings is 11. The van der Waals surface area contributed by atoms with Gasteiger partial charge in [-0.1, -0.05) is 316 Å². The van der Waals surface area contributed by atoms with Crippen molar-refractivity contribution in [2.75, 3.05) is 21.3 Å². The van der Waals surface area contributed by atoms with Crippen LogP contribution in [0.1, 0.15) is 432 Å². The van der Waals surface area contributed by atoms with Gasteiger partial charge in [0.25, 0.3) is 0 Å². The van der Waals surface area contributed by atoms with Crippen LogP contribution in [0, 0.1) is 6.92 Å². The third-order valence-corrected chi connectivity index (χ3v) is 22.9. The van der Waals surface area contributed by atoms with Gasteiger partial charge in [0.05, 0.1) is 62.4 Å². The van der Waals surface area contributed by atoms with Gasteiger partial charge in [0.1, 0.15) is 65.8 Å². The quantitative estimate of drug-likeness (QED) is 0.0250. The number of aryl methyl sites for hydroxylation is 1. The Kier molecular flexibility index (Phi) is 60.0. The Morgan fingerprint density at radius 1 is 0.230 bits per heavy atom. The van der Waals surface area contributed by atoms with Crippen molar-refractivity contribution in [1.82, 2.24) is 0 Å². The standard InChI is InChI=1S/C21H28O2.C18H21BrO2.C18H22O2.C17H20O2.C15H24O2.C13H20O2.C13H20O.6CH4/c1-14(2)19-11-18(16(5)22)12-20(15(3)4)21(19)23-13-17-9-7-6-8-10-17;1-12(2)16-9-15(13(3)20)10-17(19)18(16)21-11-14-7-5-4-6-8-14;1-13(2)17-11-16(14(3)19)9-10-18(17)20-12-15-7-5-4-6-8-15;1-12(2)16-11-14(13(3)18)9-10-17(16)19-15-7-5-4-6-8-15;1-9(2)13-7-12(11(5)16)8-14(10(3)4)15(13)17-6;1-8(2)12-7-11(10(4)14)6-9(3)13(12)15-5;1-9(2)11-6-7-13(14-5)12(8-11)10(3)4;;;;;;/h6-12,14-16,22H,13H2,1-5H3;4-10,12-13,20H,11H2,1-3H3;4-11,13-14,19H,12H2,1-3H3;4-13,18H,1-3H3;7-11,16H,1-6H3;6-8,10,14H,1-5H3;6-10H,1-5H3;6*1H4. The van der Waals surface area contributed by atoms with E-state index in [1.54, 1.807) is 55.9 Å². The summed E-state index contributed by atoms with van der Waals surface area (Å²) in [6.45, 7) is 57.5. The van der Waals surface area contributed by atoms with E-state index in [2.05, 4.69) is 221 Å². The minimum absolute atomic E-state index is 0. The van der Waals surface area contributed by atoms with Crippen LogP contribution >= 0.6 is 15.9 Å². The molecule has 0 saturated carbocycles. The van der Waals surface area contributed by atoms with Crippen LogP contribution in [-0.4, -0.2) is 52.0 Å². The van der Waals surface area contributed by atoms with E-state index >= 15 is 0 Å². The smallest absolute Gasteiger partial charge is 0.137 e. The van der Waals surface area contributed by atoms with Crippen LogP contribution < -0.4 is 33.2 Å². The van der Waals surface area contributed by atoms with Gasteiger partial charge in [0, 0.05) is 0 Å². The van der Waals surface area contributed by atoms with E-state index in [1.807, 2.05) is 172 Å². The van der Waals surface area contributed by atoms with Gasteiger partial charge >= 0.3 is 0 Å². The van der Waals surface area contributed by atoms with E-state index in [1.165, 1.54) is 33.4 Å². The van der Waals surface area contributed by atoms with Gasteiger partial charge in [0.15, 0.2) is 0 Å². The second-order valence-electron chi connectivity index (χ2n) is 36.6. The number of hydrogen-bond acceptors (Lipinski definition) is 13. The van der Waals surface area contributed by atoms with Crippen LogP contribution in [0.15, 0.2) is 229 Å². The van der Waals surface area contributed by atoms with Crippen LogP contribution in [0.2, 0.25) is 0 Å². The number of rotatable bonds is 30. The Morgan fingerprint density at radius 3 is 0.807 bits per heavy atom. The lowest BCUT2D eigenvalue weighted by molar-refractivity contribution is 0.198. The van der Waals surface area contributed by atoms with Crippen LogP contribution in [0.4, 0.5) is 0 Å². The maximum atomic E-state index is 9.99. The van der Waals surface area contributed by atoms with Crippen molar-refractivity contribution < 1.29 is 63.8 Å². The van der Waals surface area contributed by atoms with Crippen molar-refractivity contribution in [3.05, 3.63) is 340 Å². The summed E-state index contributed by atoms with van der Waals surface area (Å²) >= 11 is 3.57. The van der Waals surface area contributed by atoms with E-state index in [9.17, 15) is 30.6 Å². The van der Waals surface area contributed by atoms with E-state index in [0.29, 0.717) is 79.0 Å². The zero-order valence-corrected chi connectivity index (χ0v) is 84.7. The molecule has 135 heavy (non-hydrogen) atoms. The molecule has 0 aliphatic heterocycles. The third-order valence-electron chi connectivity index (χ3n) is 22.3. The Balaban J connectivity index is 0. The van der Waals surface area contributed by atoms with Crippen LogP contribution in [0.25, 0.3) is 0 Å². The molecule has 11 rings (SSSR count). The number of ether oxygens (including phenoxy) is 7. The number of aliphatic hydroxyl groups is 6. The highest BCUT2D eigenvalue weighted by molar-refractivity contribution is 9.10. The van der Waals surface area contributed by atoms with Crippen molar-refractivity contribution in [2.45, 2.75) is 347 Å². The van der Waals surface area contributed by atoms with Gasteiger partial charge < -0.3 is 63.8 Å². The Morgan fingerprint density at radius 2 is 0.481 bits per heavy atom. The molecule has 0 fully saturated rings. The summed E-state index contributed by atoms with van der Waals surface area (Å²) in [7, 11) is 5.14. The normalized spacial score (nSPS) is 12.0. The van der Waals surface area contributed by atoms with Crippen molar-refractivity contribution in [1.29, 1.82) is 0 Å². The number of hydrogen-bond donors (Lipinski definition) is 6. The monoisotopic (exact) mass is 1920 g/mol. The largest absolute Gasteiger partial charge is 0.496 e. The van der Waals surface area contributed by atoms with Gasteiger partial charge in [-0.3, -0.25) is 0 Å². The number of halogens is 1. The van der Waals surface area contributed by atoms with Crippen molar-refractivity contribution in [2.24, 2.45) is 0 Å². The first-order valence-corrected chi connectivity index (χ1v) is 46.9. The Bertz CT molecular complexity index is 5020. The maximum Gasteiger partial charge on any atom is 0.137 e. The molecule has 6 unspecified atom stereocenters. The van der Waals surface area contributed by atoms with Gasteiger partial charge in [-0.05, 0) is 326 Å². The first-order valence-electron chi connectivity index (χ1n) is 46.1. The molecule has 0 aliphatic carbocycles. The number of methoxy groups -OCH3 is 3. The Hall–Kier alpha value is -9.74. The summed E-state index contributed by atoms with van der Waals surface area (Å²) in [5.41, 5.74) is 22.1. The molecule has 0 spiro atoms. The molecular formula is C121H179BrO13. The second kappa shape index (κ2) is 63.6. The van der Waals surface area contributed by atoms with Gasteiger partial charge in [-0.2, -0.15) is 0 Å². The van der Waals surface area contributed by atoms with E-state index < -0.39 is 36.6 Å². The highest BCUT2D eigenvalue weighted by Crippen LogP contribution is 2.43. The summed E-state index contributed by atoms with van der Waals surface area (Å²) in [6.07, 6.45) is -2.71. The zero-order chi connectivity index (χ0) is 96.2. The summed E-state index contributed by atoms with van der Waals surface area (Å²) in [5, 5.41) is 58.5. The molecule has 0 radical (unpaired) electrons. The van der Waals surface area contributed by atoms with Gasteiger partial charge in [-0.15, -0.1) is 0 Å². The first-order chi connectivity index (χ1) is 60.9. The fraction of sp³-hybridized carbons (Fsp3) is 0.455. The number of para-hydroxylation sites is 1. The molecule has 6 atom stereocenters. The minimum atomic E-state index is -0.484. The summed E-state index contributed by atoms with van der Waals surface area (Å²) in [5.74, 6) is 11.3. The predicted molar refractivity (Wildman–Crippen MR) is 581 cm³/mol. The summed E-state index contributed by atoms with van der Waals surface area (Å²) < 4.78 is 41.3. The predicted octanol–water partition coefficient (Wildman–Crippen LogP) is 34.8. The topological polar surface area (TPSA) is 186 Å². The molecule has 748 valence electrons. The highest BCUT2D eigenvalue weighted by Gasteiger charge is 2.24. The summed E-state index contributed by atoms with van der Waals surface area (Å²) in [6, 6.07) is 74.7. The molecule has 0 aromatic heterocycles. The lowest BCUT2D eigenvalue weighted by Gasteiger charge is -2.22. The summed E-state index contributed by atoms with van der Waals surface area (Å²) in [4.78, 5) is 0. The van der Waals surface area contributed by atoms with Crippen LogP contribution in [0.3, 0.4) is 0 Å². The fourth-order valence-corrected chi connectivity index (χ4v) is 15.0. The number of aliphatic hydroxyl groups excluding tert-OH is 6. The van der Waals surface area contributed by atoms with Crippen molar-refractivity contribution >= 4 is 15.9 Å². The molecule has 0 saturated heterocycles. The molecule has 11 aromatic rings. The van der Waals surface area contributed by atoms with E-state index in [-0.39, 0.29) is 44.6 Å². The average molecular weight is 1920 g/mol. The molecule has 11 aromatic carbocycles. The van der Waals surface area contributed by atoms with Crippen molar-refractivity contribution in [3.8, 4) is 46.0 Å². The van der Waals surface area contributed by atoms with Gasteiger partial charge in [0.2, 0.25) is 0 Å². The van der Waals surface area contributed by atoms with Crippen LogP contribution in [0.5, 0.6) is 46.0 Å². The fourth-order valence-electron chi connectivity index (χ4n) is 14.4. The second-order valence-corrected chi connectivity index (χ2v) is 37.4.